The van der Waals surface area contributed by atoms with E-state index < -0.39 is 12.1 Å². The summed E-state index contributed by atoms with van der Waals surface area (Å²) in [5.74, 6) is -0.00912. The van der Waals surface area contributed by atoms with Gasteiger partial charge in [0.1, 0.15) is 6.04 Å². The van der Waals surface area contributed by atoms with Crippen molar-refractivity contribution in [3.05, 3.63) is 35.9 Å². The monoisotopic (exact) mass is 330 g/mol. The third-order valence-corrected chi connectivity index (χ3v) is 4.04. The van der Waals surface area contributed by atoms with Gasteiger partial charge in [-0.15, -0.1) is 0 Å². The Morgan fingerprint density at radius 2 is 2.09 bits per heavy atom. The molecule has 1 aromatic rings. The second kappa shape index (κ2) is 9.93. The molecule has 1 heterocycles. The molecule has 6 nitrogen and oxygen atoms in total. The molecule has 122 valence electrons. The molecule has 0 aliphatic carbocycles. The number of methoxy groups -OCH3 is 1. The normalized spacial score (nSPS) is 20.8. The molecule has 1 aromatic carbocycles. The number of nitrogens with one attached hydrogen (secondary N) is 1. The first-order valence-corrected chi connectivity index (χ1v) is 7.44. The SMILES string of the molecule is COCCN(C(=O)O)C1CCC(c2ccccc2)CNC1=O.[H-].[Na+]. The summed E-state index contributed by atoms with van der Waals surface area (Å²) in [5.41, 5.74) is 1.17. The fraction of sp³-hybridized carbons (Fsp3) is 0.500. The molecule has 2 atom stereocenters. The third-order valence-electron chi connectivity index (χ3n) is 4.04. The van der Waals surface area contributed by atoms with Gasteiger partial charge in [-0.1, -0.05) is 30.3 Å². The predicted octanol–water partition coefficient (Wildman–Crippen LogP) is -1.21. The molecule has 7 heteroatoms. The molecule has 1 aliphatic rings. The smallest absolute Gasteiger partial charge is 1.00 e. The average molecular weight is 330 g/mol. The molecule has 2 N–H and O–H groups in total. The largest absolute Gasteiger partial charge is 1.00 e. The van der Waals surface area contributed by atoms with Crippen LogP contribution in [0.25, 0.3) is 0 Å². The molecule has 23 heavy (non-hydrogen) atoms. The molecule has 2 unspecified atom stereocenters. The van der Waals surface area contributed by atoms with Crippen molar-refractivity contribution in [1.82, 2.24) is 10.2 Å². The van der Waals surface area contributed by atoms with Gasteiger partial charge < -0.3 is 16.6 Å². The standard InChI is InChI=1S/C16H22N2O4.Na.H/c1-22-10-9-18(16(20)21)14-8-7-13(11-17-15(14)19)12-5-3-2-4-6-12;;/h2-6,13-14H,7-11H2,1H3,(H,17,19)(H,20,21);;/q;+1;-1. The van der Waals surface area contributed by atoms with E-state index in [2.05, 4.69) is 5.32 Å². The van der Waals surface area contributed by atoms with E-state index >= 15 is 0 Å². The summed E-state index contributed by atoms with van der Waals surface area (Å²) in [6.45, 7) is 1.01. The average Bonchev–Trinajstić information content (AvgIpc) is 2.71. The molecule has 1 saturated heterocycles. The first kappa shape index (κ1) is 20.0. The molecule has 0 aromatic heterocycles. The second-order valence-corrected chi connectivity index (χ2v) is 5.41. The maximum absolute atomic E-state index is 12.2. The number of rotatable bonds is 5. The summed E-state index contributed by atoms with van der Waals surface area (Å²) in [4.78, 5) is 24.8. The number of carbonyl (C=O) groups is 2. The van der Waals surface area contributed by atoms with Crippen molar-refractivity contribution in [2.24, 2.45) is 0 Å². The first-order chi connectivity index (χ1) is 10.6. The first-order valence-electron chi connectivity index (χ1n) is 7.44. The van der Waals surface area contributed by atoms with Gasteiger partial charge in [0.05, 0.1) is 6.61 Å². The summed E-state index contributed by atoms with van der Waals surface area (Å²) in [5, 5.41) is 12.2. The Labute approximate surface area is 160 Å². The van der Waals surface area contributed by atoms with Gasteiger partial charge in [0, 0.05) is 26.1 Å². The summed E-state index contributed by atoms with van der Waals surface area (Å²) in [6, 6.07) is 9.33. The van der Waals surface area contributed by atoms with E-state index in [-0.39, 0.29) is 56.0 Å². The van der Waals surface area contributed by atoms with Gasteiger partial charge in [0.2, 0.25) is 5.91 Å². The summed E-state index contributed by atoms with van der Waals surface area (Å²) >= 11 is 0. The minimum absolute atomic E-state index is 0. The molecule has 1 fully saturated rings. The fourth-order valence-electron chi connectivity index (χ4n) is 2.82. The van der Waals surface area contributed by atoms with Crippen LogP contribution in [-0.2, 0) is 9.53 Å². The van der Waals surface area contributed by atoms with E-state index in [4.69, 9.17) is 4.74 Å². The molecule has 0 spiro atoms. The topological polar surface area (TPSA) is 78.9 Å². The number of benzene rings is 1. The molecule has 0 saturated carbocycles. The third kappa shape index (κ3) is 5.49. The van der Waals surface area contributed by atoms with E-state index in [1.807, 2.05) is 30.3 Å². The number of hydrogen-bond donors (Lipinski definition) is 2. The van der Waals surface area contributed by atoms with E-state index in [9.17, 15) is 14.7 Å². The van der Waals surface area contributed by atoms with Gasteiger partial charge in [-0.3, -0.25) is 9.69 Å². The molecule has 1 aliphatic heterocycles. The Kier molecular flexibility index (Phi) is 8.62. The number of ether oxygens (including phenoxy) is 1. The number of nitrogens with zero attached hydrogens (tertiary/aromatic N) is 1. The number of carbonyl (C=O) groups excluding carboxylic acids is 1. The predicted molar refractivity (Wildman–Crippen MR) is 82.9 cm³/mol. The molecule has 0 radical (unpaired) electrons. The van der Waals surface area contributed by atoms with E-state index in [1.165, 1.54) is 17.6 Å². The minimum atomic E-state index is -1.09. The van der Waals surface area contributed by atoms with Crippen LogP contribution >= 0.6 is 0 Å². The number of carboxylic acid groups (broad SMARTS) is 1. The van der Waals surface area contributed by atoms with Gasteiger partial charge in [0.25, 0.3) is 0 Å². The van der Waals surface area contributed by atoms with Crippen LogP contribution < -0.4 is 34.9 Å². The van der Waals surface area contributed by atoms with Crippen molar-refractivity contribution in [2.45, 2.75) is 24.8 Å². The van der Waals surface area contributed by atoms with Gasteiger partial charge >= 0.3 is 35.7 Å². The van der Waals surface area contributed by atoms with Crippen molar-refractivity contribution >= 4 is 12.0 Å². The van der Waals surface area contributed by atoms with Crippen molar-refractivity contribution in [1.29, 1.82) is 0 Å². The zero-order chi connectivity index (χ0) is 15.9. The molecule has 0 bridgehead atoms. The molecule has 2 rings (SSSR count). The maximum atomic E-state index is 12.2. The quantitative estimate of drug-likeness (QED) is 0.664. The zero-order valence-corrected chi connectivity index (χ0v) is 15.7. The summed E-state index contributed by atoms with van der Waals surface area (Å²) < 4.78 is 4.93. The Hall–Kier alpha value is -1.08. The van der Waals surface area contributed by atoms with E-state index in [1.54, 1.807) is 0 Å². The summed E-state index contributed by atoms with van der Waals surface area (Å²) in [6.07, 6.45) is 0.196. The fourth-order valence-corrected chi connectivity index (χ4v) is 2.82. The van der Waals surface area contributed by atoms with E-state index in [0.29, 0.717) is 13.0 Å². The Balaban J connectivity index is 0.00000264. The van der Waals surface area contributed by atoms with Crippen LogP contribution in [0.15, 0.2) is 30.3 Å². The second-order valence-electron chi connectivity index (χ2n) is 5.41. The van der Waals surface area contributed by atoms with Crippen LogP contribution in [0.4, 0.5) is 4.79 Å². The Bertz CT molecular complexity index is 518. The number of hydrogen-bond acceptors (Lipinski definition) is 3. The van der Waals surface area contributed by atoms with Gasteiger partial charge in [-0.05, 0) is 18.4 Å². The number of amides is 2. The minimum Gasteiger partial charge on any atom is -1.00 e. The van der Waals surface area contributed by atoms with Crippen molar-refractivity contribution in [3.63, 3.8) is 0 Å². The van der Waals surface area contributed by atoms with Crippen molar-refractivity contribution in [3.8, 4) is 0 Å². The van der Waals surface area contributed by atoms with Crippen molar-refractivity contribution < 1.29 is 50.4 Å². The maximum Gasteiger partial charge on any atom is 1.00 e. The van der Waals surface area contributed by atoms with Crippen LogP contribution in [-0.4, -0.2) is 54.9 Å². The molecular formula is C16H23N2NaO4. The Morgan fingerprint density at radius 1 is 1.39 bits per heavy atom. The van der Waals surface area contributed by atoms with Crippen LogP contribution in [0.2, 0.25) is 0 Å². The summed E-state index contributed by atoms with van der Waals surface area (Å²) in [7, 11) is 1.51. The molecule has 2 amide bonds. The van der Waals surface area contributed by atoms with Crippen LogP contribution in [0.5, 0.6) is 0 Å². The van der Waals surface area contributed by atoms with Crippen LogP contribution in [0.1, 0.15) is 25.7 Å². The van der Waals surface area contributed by atoms with E-state index in [0.717, 1.165) is 6.42 Å². The van der Waals surface area contributed by atoms with Gasteiger partial charge in [-0.2, -0.15) is 0 Å². The van der Waals surface area contributed by atoms with Crippen molar-refractivity contribution in [2.75, 3.05) is 26.8 Å². The van der Waals surface area contributed by atoms with Crippen LogP contribution in [0.3, 0.4) is 0 Å². The van der Waals surface area contributed by atoms with Gasteiger partial charge in [-0.25, -0.2) is 4.79 Å². The van der Waals surface area contributed by atoms with Crippen LogP contribution in [0, 0.1) is 0 Å². The Morgan fingerprint density at radius 3 is 2.70 bits per heavy atom. The zero-order valence-electron chi connectivity index (χ0n) is 14.7. The molecular weight excluding hydrogens is 307 g/mol. The van der Waals surface area contributed by atoms with Gasteiger partial charge in [0.15, 0.2) is 0 Å².